The highest BCUT2D eigenvalue weighted by molar-refractivity contribution is 6.99. The van der Waals surface area contributed by atoms with Crippen LogP contribution in [0.15, 0.2) is 96.2 Å². The van der Waals surface area contributed by atoms with Crippen molar-refractivity contribution in [1.82, 2.24) is 0 Å². The molecule has 3 heterocycles. The van der Waals surface area contributed by atoms with Gasteiger partial charge in [0.15, 0.2) is 0 Å². The number of nitrogens with zero attached hydrogens (tertiary/aromatic N) is 2. The Bertz CT molecular complexity index is 2140. The number of allylic oxidation sites excluding steroid dienone is 4. The average Bonchev–Trinajstić information content (AvgIpc) is 3.31. The molecule has 5 aliphatic rings. The molecular formula is C48H55BN2. The zero-order chi connectivity index (χ0) is 35.4. The Labute approximate surface area is 307 Å². The predicted octanol–water partition coefficient (Wildman–Crippen LogP) is 10.7. The largest absolute Gasteiger partial charge is 0.334 e. The van der Waals surface area contributed by atoms with Crippen LogP contribution in [0, 0.1) is 19.8 Å². The van der Waals surface area contributed by atoms with E-state index < -0.39 is 0 Å². The van der Waals surface area contributed by atoms with Gasteiger partial charge in [-0.25, -0.2) is 0 Å². The minimum atomic E-state index is -0.0899. The smallest absolute Gasteiger partial charge is 0.247 e. The number of hydrogen-bond donors (Lipinski definition) is 0. The van der Waals surface area contributed by atoms with Gasteiger partial charge >= 0.3 is 0 Å². The lowest BCUT2D eigenvalue weighted by Crippen LogP contribution is -2.64. The summed E-state index contributed by atoms with van der Waals surface area (Å²) in [5.74, 6) is 0.435. The standard InChI is InChI=1S/C48H55BN2/c1-9-10-16-34-20-22-41(33(4)28-34)50-43-30-42-37(47(7)23-14-15-24-48(47,8)51(42)35-17-12-11-13-18-35)29-40(43)49-39-26-31(2)19-21-36(39)46(5,6)38-25-32(3)27-44(50)45(38)49/h11-13,17-22,25-27,29-30,33H,9-10,14-16,23-24,28H2,1-8H3. The molecule has 51 heavy (non-hydrogen) atoms. The first-order valence-corrected chi connectivity index (χ1v) is 20.0. The molecule has 9 rings (SSSR count). The molecule has 1 fully saturated rings. The van der Waals surface area contributed by atoms with Crippen LogP contribution in [-0.4, -0.2) is 12.3 Å². The van der Waals surface area contributed by atoms with Crippen LogP contribution in [0.3, 0.4) is 0 Å². The van der Waals surface area contributed by atoms with Gasteiger partial charge in [0.2, 0.25) is 6.71 Å². The van der Waals surface area contributed by atoms with Crippen LogP contribution in [0.25, 0.3) is 0 Å². The molecule has 0 amide bonds. The molecule has 0 saturated heterocycles. The molecule has 4 aromatic rings. The number of aryl methyl sites for hydroxylation is 2. The summed E-state index contributed by atoms with van der Waals surface area (Å²) < 4.78 is 0. The van der Waals surface area contributed by atoms with Gasteiger partial charge in [0.05, 0.1) is 5.54 Å². The lowest BCUT2D eigenvalue weighted by Gasteiger charge is -2.50. The van der Waals surface area contributed by atoms with Crippen molar-refractivity contribution in [2.45, 2.75) is 123 Å². The SMILES string of the molecule is CCCCC1=CC=C(N2c3cc4c(cc3B3c5cc(C)ccc5C(C)(C)c5cc(C)cc2c53)C2(C)CCCCC2(C)N4c2ccccc2)C(C)C1. The monoisotopic (exact) mass is 670 g/mol. The zero-order valence-corrected chi connectivity index (χ0v) is 32.3. The molecule has 0 radical (unpaired) electrons. The summed E-state index contributed by atoms with van der Waals surface area (Å²) in [4.78, 5) is 5.50. The van der Waals surface area contributed by atoms with E-state index in [-0.39, 0.29) is 23.1 Å². The summed E-state index contributed by atoms with van der Waals surface area (Å²) in [6.07, 6.45) is 14.8. The molecule has 0 bridgehead atoms. The molecule has 260 valence electrons. The third-order valence-corrected chi connectivity index (χ3v) is 14.2. The number of anilines is 4. The summed E-state index contributed by atoms with van der Waals surface area (Å²) >= 11 is 0. The van der Waals surface area contributed by atoms with E-state index >= 15 is 0 Å². The Morgan fingerprint density at radius 1 is 0.745 bits per heavy atom. The average molecular weight is 671 g/mol. The first kappa shape index (κ1) is 32.9. The Morgan fingerprint density at radius 2 is 1.53 bits per heavy atom. The minimum absolute atomic E-state index is 0.00960. The van der Waals surface area contributed by atoms with Gasteiger partial charge in [0, 0.05) is 45.2 Å². The fraction of sp³-hybridized carbons (Fsp3) is 0.417. The molecule has 3 aliphatic heterocycles. The molecule has 1 saturated carbocycles. The molecule has 0 spiro atoms. The maximum atomic E-state index is 2.76. The molecule has 4 aromatic carbocycles. The number of unbranched alkanes of at least 4 members (excludes halogenated alkanes) is 1. The highest BCUT2D eigenvalue weighted by Crippen LogP contribution is 2.61. The van der Waals surface area contributed by atoms with E-state index in [0.29, 0.717) is 5.92 Å². The van der Waals surface area contributed by atoms with E-state index in [4.69, 9.17) is 0 Å². The minimum Gasteiger partial charge on any atom is -0.334 e. The highest BCUT2D eigenvalue weighted by atomic mass is 15.3. The van der Waals surface area contributed by atoms with Gasteiger partial charge in [-0.1, -0.05) is 125 Å². The number of rotatable bonds is 5. The fourth-order valence-corrected chi connectivity index (χ4v) is 11.3. The van der Waals surface area contributed by atoms with Crippen molar-refractivity contribution in [3.63, 3.8) is 0 Å². The Balaban J connectivity index is 1.37. The molecule has 3 unspecified atom stereocenters. The summed E-state index contributed by atoms with van der Waals surface area (Å²) in [7, 11) is 0. The lowest BCUT2D eigenvalue weighted by atomic mass is 9.30. The van der Waals surface area contributed by atoms with E-state index in [9.17, 15) is 0 Å². The van der Waals surface area contributed by atoms with Gasteiger partial charge in [0.25, 0.3) is 0 Å². The van der Waals surface area contributed by atoms with Gasteiger partial charge in [-0.2, -0.15) is 0 Å². The number of para-hydroxylation sites is 1. The Hall–Kier alpha value is -3.98. The molecule has 2 nitrogen and oxygen atoms in total. The molecule has 0 aromatic heterocycles. The van der Waals surface area contributed by atoms with E-state index in [1.807, 2.05) is 0 Å². The second-order valence-electron chi connectivity index (χ2n) is 17.8. The van der Waals surface area contributed by atoms with Crippen LogP contribution in [0.4, 0.5) is 22.7 Å². The first-order chi connectivity index (χ1) is 24.5. The van der Waals surface area contributed by atoms with Gasteiger partial charge in [-0.05, 0) is 116 Å². The zero-order valence-electron chi connectivity index (χ0n) is 32.3. The third kappa shape index (κ3) is 4.55. The van der Waals surface area contributed by atoms with E-state index in [0.717, 1.165) is 6.42 Å². The van der Waals surface area contributed by atoms with Crippen LogP contribution in [0.1, 0.15) is 121 Å². The van der Waals surface area contributed by atoms with Crippen LogP contribution in [0.2, 0.25) is 0 Å². The summed E-state index contributed by atoms with van der Waals surface area (Å²) in [6.45, 7) is 19.7. The van der Waals surface area contributed by atoms with Gasteiger partial charge in [-0.3, -0.25) is 0 Å². The van der Waals surface area contributed by atoms with Crippen molar-refractivity contribution < 1.29 is 0 Å². The van der Waals surface area contributed by atoms with Crippen LogP contribution < -0.4 is 26.2 Å². The summed E-state index contributed by atoms with van der Waals surface area (Å²) in [5.41, 5.74) is 20.3. The maximum absolute atomic E-state index is 2.76. The normalized spacial score (nSPS) is 25.3. The maximum Gasteiger partial charge on any atom is 0.247 e. The van der Waals surface area contributed by atoms with E-state index in [1.165, 1.54) is 112 Å². The second kappa shape index (κ2) is 11.5. The van der Waals surface area contributed by atoms with Crippen molar-refractivity contribution in [1.29, 1.82) is 0 Å². The van der Waals surface area contributed by atoms with E-state index in [1.54, 1.807) is 11.1 Å². The molecular weight excluding hydrogens is 615 g/mol. The lowest BCUT2D eigenvalue weighted by molar-refractivity contribution is 0.195. The molecule has 3 atom stereocenters. The van der Waals surface area contributed by atoms with Crippen LogP contribution in [0.5, 0.6) is 0 Å². The van der Waals surface area contributed by atoms with Crippen molar-refractivity contribution >= 4 is 45.9 Å². The first-order valence-electron chi connectivity index (χ1n) is 20.0. The predicted molar refractivity (Wildman–Crippen MR) is 220 cm³/mol. The number of fused-ring (bicyclic) bond motifs is 7. The van der Waals surface area contributed by atoms with Crippen molar-refractivity contribution in [2.75, 3.05) is 9.80 Å². The van der Waals surface area contributed by atoms with Crippen LogP contribution in [-0.2, 0) is 10.8 Å². The highest BCUT2D eigenvalue weighted by Gasteiger charge is 2.59. The van der Waals surface area contributed by atoms with Crippen LogP contribution >= 0.6 is 0 Å². The van der Waals surface area contributed by atoms with Gasteiger partial charge < -0.3 is 9.80 Å². The van der Waals surface area contributed by atoms with E-state index in [2.05, 4.69) is 150 Å². The summed E-state index contributed by atoms with van der Waals surface area (Å²) in [5, 5.41) is 0. The molecule has 3 heteroatoms. The van der Waals surface area contributed by atoms with Crippen molar-refractivity contribution in [3.8, 4) is 0 Å². The second-order valence-corrected chi connectivity index (χ2v) is 17.8. The van der Waals surface area contributed by atoms with Gasteiger partial charge in [0.1, 0.15) is 0 Å². The molecule has 2 aliphatic carbocycles. The molecule has 0 N–H and O–H groups in total. The fourth-order valence-electron chi connectivity index (χ4n) is 11.3. The third-order valence-electron chi connectivity index (χ3n) is 14.2. The van der Waals surface area contributed by atoms with Gasteiger partial charge in [-0.15, -0.1) is 0 Å². The van der Waals surface area contributed by atoms with Crippen molar-refractivity contribution in [2.24, 2.45) is 5.92 Å². The quantitative estimate of drug-likeness (QED) is 0.195. The Kier molecular flexibility index (Phi) is 7.43. The topological polar surface area (TPSA) is 6.48 Å². The van der Waals surface area contributed by atoms with Crippen molar-refractivity contribution in [3.05, 3.63) is 124 Å². The Morgan fingerprint density at radius 3 is 2.29 bits per heavy atom. The summed E-state index contributed by atoms with van der Waals surface area (Å²) in [6, 6.07) is 29.0. The number of benzene rings is 4. The number of hydrogen-bond acceptors (Lipinski definition) is 2.